The van der Waals surface area contributed by atoms with Crippen molar-refractivity contribution in [2.24, 2.45) is 0 Å². The Labute approximate surface area is 296 Å². The molecule has 256 valence electrons. The first kappa shape index (κ1) is 32.5. The molecule has 2 fully saturated rings. The Morgan fingerprint density at radius 3 is 1.55 bits per heavy atom. The molecule has 2 atom stereocenters. The normalized spacial score (nSPS) is 16.0. The molecule has 0 aliphatic carbocycles. The van der Waals surface area contributed by atoms with Gasteiger partial charge < -0.3 is 33.2 Å². The third-order valence-corrected chi connectivity index (χ3v) is 9.15. The average molecular weight is 680 g/mol. The van der Waals surface area contributed by atoms with Crippen LogP contribution in [-0.4, -0.2) is 39.0 Å². The first-order chi connectivity index (χ1) is 25.0. The van der Waals surface area contributed by atoms with E-state index in [0.29, 0.717) is 11.5 Å². The predicted octanol–water partition coefficient (Wildman–Crippen LogP) is 8.47. The second-order valence-electron chi connectivity index (χ2n) is 13.1. The van der Waals surface area contributed by atoms with Gasteiger partial charge in [0.05, 0.1) is 25.4 Å². The maximum atomic E-state index is 8.78. The van der Waals surface area contributed by atoms with Crippen molar-refractivity contribution in [3.8, 4) is 35.0 Å². The number of ether oxygens (including phenoxy) is 7. The molecular formula is C43H37NO7. The molecule has 2 aliphatic rings. The number of nitriles is 1. The maximum absolute atomic E-state index is 8.78. The second kappa shape index (κ2) is 14.6. The summed E-state index contributed by atoms with van der Waals surface area (Å²) in [7, 11) is 0. The number of hydrogen-bond acceptors (Lipinski definition) is 8. The minimum absolute atomic E-state index is 0.0668. The highest BCUT2D eigenvalue weighted by molar-refractivity contribution is 5.85. The molecule has 6 aromatic rings. The summed E-state index contributed by atoms with van der Waals surface area (Å²) < 4.78 is 40.3. The lowest BCUT2D eigenvalue weighted by Gasteiger charge is -2.15. The van der Waals surface area contributed by atoms with E-state index in [2.05, 4.69) is 55.5 Å². The van der Waals surface area contributed by atoms with Crippen LogP contribution in [0.5, 0.6) is 28.7 Å². The summed E-state index contributed by atoms with van der Waals surface area (Å²) in [4.78, 5) is 0. The summed E-state index contributed by atoms with van der Waals surface area (Å²) in [6.45, 7) is 3.82. The molecule has 0 N–H and O–H groups in total. The van der Waals surface area contributed by atoms with Crippen molar-refractivity contribution < 1.29 is 33.2 Å². The van der Waals surface area contributed by atoms with Gasteiger partial charge in [-0.15, -0.1) is 5.26 Å². The third-order valence-electron chi connectivity index (χ3n) is 9.15. The van der Waals surface area contributed by atoms with E-state index < -0.39 is 0 Å². The van der Waals surface area contributed by atoms with E-state index in [1.807, 2.05) is 54.6 Å². The zero-order valence-corrected chi connectivity index (χ0v) is 28.3. The van der Waals surface area contributed by atoms with Crippen molar-refractivity contribution in [3.05, 3.63) is 137 Å². The Bertz CT molecular complexity index is 2240. The highest BCUT2D eigenvalue weighted by Gasteiger charge is 2.26. The van der Waals surface area contributed by atoms with Crippen LogP contribution in [0.25, 0.3) is 21.5 Å². The molecule has 51 heavy (non-hydrogen) atoms. The monoisotopic (exact) mass is 679 g/mol. The number of epoxide rings is 2. The standard InChI is InChI=1S/C43H37NO7/c1-28-2-5-32-19-38(10-6-31(32)14-28)48-26-50-42-12-3-29(16-35(42)21-40-23-45-40)15-30-4-13-43(36(17-30)22-41-24-46-41)51-27-49-39-11-8-33-18-37(47-25-44)9-7-34(33)20-39/h2-14,16-20,40-41H,15,21-24,26-27H2,1H3. The number of hydrogen-bond donors (Lipinski definition) is 0. The first-order valence-corrected chi connectivity index (χ1v) is 17.1. The molecule has 2 heterocycles. The SMILES string of the molecule is Cc1ccc2cc(OCOc3ccc(Cc4ccc(OCOc5ccc6cc(OC#N)ccc6c5)c(CC5CO5)c4)cc3CC3CO3)ccc2c1. The topological polar surface area (TPSA) is 95.0 Å². The van der Waals surface area contributed by atoms with E-state index >= 15 is 0 Å². The Kier molecular flexibility index (Phi) is 9.30. The summed E-state index contributed by atoms with van der Waals surface area (Å²) in [6.07, 6.45) is 4.48. The van der Waals surface area contributed by atoms with Crippen molar-refractivity contribution >= 4 is 21.5 Å². The van der Waals surface area contributed by atoms with E-state index in [4.69, 9.17) is 38.4 Å². The average Bonchev–Trinajstić information content (AvgIpc) is 4.08. The van der Waals surface area contributed by atoms with Crippen molar-refractivity contribution in [1.29, 1.82) is 5.26 Å². The van der Waals surface area contributed by atoms with Crippen LogP contribution < -0.4 is 23.7 Å². The van der Waals surface area contributed by atoms with E-state index in [9.17, 15) is 0 Å². The molecule has 0 aromatic heterocycles. The molecule has 2 aliphatic heterocycles. The number of fused-ring (bicyclic) bond motifs is 2. The number of nitrogens with zero attached hydrogens (tertiary/aromatic N) is 1. The summed E-state index contributed by atoms with van der Waals surface area (Å²) >= 11 is 0. The van der Waals surface area contributed by atoms with Gasteiger partial charge in [-0.3, -0.25) is 0 Å². The van der Waals surface area contributed by atoms with Crippen LogP contribution in [0.15, 0.2) is 109 Å². The fourth-order valence-electron chi connectivity index (χ4n) is 6.35. The molecule has 6 aromatic carbocycles. The minimum Gasteiger partial charge on any atom is -0.457 e. The Balaban J connectivity index is 0.914. The first-order valence-electron chi connectivity index (χ1n) is 17.1. The van der Waals surface area contributed by atoms with Crippen LogP contribution in [-0.2, 0) is 28.7 Å². The molecule has 0 saturated carbocycles. The molecule has 2 saturated heterocycles. The van der Waals surface area contributed by atoms with Crippen molar-refractivity contribution in [1.82, 2.24) is 0 Å². The van der Waals surface area contributed by atoms with Gasteiger partial charge in [0.1, 0.15) is 28.7 Å². The largest absolute Gasteiger partial charge is 0.457 e. The zero-order chi connectivity index (χ0) is 34.6. The van der Waals surface area contributed by atoms with Crippen molar-refractivity contribution in [2.75, 3.05) is 26.8 Å². The van der Waals surface area contributed by atoms with Gasteiger partial charge in [0.15, 0.2) is 0 Å². The fraction of sp³-hybridized carbons (Fsp3) is 0.233. The molecule has 2 unspecified atom stereocenters. The van der Waals surface area contributed by atoms with Gasteiger partial charge in [0.2, 0.25) is 13.6 Å². The Hall–Kier alpha value is -5.75. The summed E-state index contributed by atoms with van der Waals surface area (Å²) in [6, 6.07) is 36.4. The molecule has 0 bridgehead atoms. The molecule has 0 radical (unpaired) electrons. The summed E-state index contributed by atoms with van der Waals surface area (Å²) in [5.74, 6) is 3.56. The van der Waals surface area contributed by atoms with Gasteiger partial charge in [-0.1, -0.05) is 66.2 Å². The van der Waals surface area contributed by atoms with Crippen LogP contribution >= 0.6 is 0 Å². The summed E-state index contributed by atoms with van der Waals surface area (Å²) in [5.41, 5.74) is 5.82. The Morgan fingerprint density at radius 1 is 0.569 bits per heavy atom. The van der Waals surface area contributed by atoms with Gasteiger partial charge in [-0.2, -0.15) is 0 Å². The number of aryl methyl sites for hydroxylation is 1. The highest BCUT2D eigenvalue weighted by atomic mass is 16.7. The van der Waals surface area contributed by atoms with E-state index in [0.717, 1.165) is 77.0 Å². The maximum Gasteiger partial charge on any atom is 0.292 e. The van der Waals surface area contributed by atoms with E-state index in [-0.39, 0.29) is 25.8 Å². The lowest BCUT2D eigenvalue weighted by Crippen LogP contribution is -2.09. The van der Waals surface area contributed by atoms with Gasteiger partial charge in [-0.05, 0) is 106 Å². The van der Waals surface area contributed by atoms with Gasteiger partial charge >= 0.3 is 0 Å². The van der Waals surface area contributed by atoms with Crippen LogP contribution in [0, 0.1) is 18.4 Å². The van der Waals surface area contributed by atoms with Crippen LogP contribution in [0.2, 0.25) is 0 Å². The molecular weight excluding hydrogens is 642 g/mol. The summed E-state index contributed by atoms with van der Waals surface area (Å²) in [5, 5.41) is 13.0. The second-order valence-corrected chi connectivity index (χ2v) is 13.1. The molecule has 8 nitrogen and oxygen atoms in total. The molecule has 0 spiro atoms. The van der Waals surface area contributed by atoms with Crippen LogP contribution in [0.4, 0.5) is 0 Å². The predicted molar refractivity (Wildman–Crippen MR) is 194 cm³/mol. The van der Waals surface area contributed by atoms with E-state index in [1.165, 1.54) is 22.1 Å². The molecule has 0 amide bonds. The van der Waals surface area contributed by atoms with Gasteiger partial charge in [0, 0.05) is 12.8 Å². The zero-order valence-electron chi connectivity index (χ0n) is 28.3. The van der Waals surface area contributed by atoms with Crippen molar-refractivity contribution in [2.45, 2.75) is 38.4 Å². The van der Waals surface area contributed by atoms with Gasteiger partial charge in [-0.25, -0.2) is 0 Å². The van der Waals surface area contributed by atoms with Gasteiger partial charge in [0.25, 0.3) is 6.26 Å². The molecule has 8 rings (SSSR count). The molecule has 8 heteroatoms. The third kappa shape index (κ3) is 8.35. The van der Waals surface area contributed by atoms with Crippen LogP contribution in [0.1, 0.15) is 27.8 Å². The lowest BCUT2D eigenvalue weighted by atomic mass is 9.97. The smallest absolute Gasteiger partial charge is 0.292 e. The van der Waals surface area contributed by atoms with E-state index in [1.54, 1.807) is 12.3 Å². The number of rotatable bonds is 15. The Morgan fingerprint density at radius 2 is 1.04 bits per heavy atom. The highest BCUT2D eigenvalue weighted by Crippen LogP contribution is 2.31. The fourth-order valence-corrected chi connectivity index (χ4v) is 6.35. The minimum atomic E-state index is 0.0668. The quantitative estimate of drug-likeness (QED) is 0.0606. The van der Waals surface area contributed by atoms with Crippen LogP contribution in [0.3, 0.4) is 0 Å². The lowest BCUT2D eigenvalue weighted by molar-refractivity contribution is 0.118. The number of benzene rings is 6. The van der Waals surface area contributed by atoms with Crippen molar-refractivity contribution in [3.63, 3.8) is 0 Å².